The number of nitrogens with zero attached hydrogens (tertiary/aromatic N) is 1. The number of aryl methyl sites for hydroxylation is 2. The summed E-state index contributed by atoms with van der Waals surface area (Å²) >= 11 is 1.68. The third-order valence-electron chi connectivity index (χ3n) is 4.45. The van der Waals surface area contributed by atoms with Crippen molar-refractivity contribution in [2.75, 3.05) is 10.2 Å². The first kappa shape index (κ1) is 15.0. The Bertz CT molecular complexity index is 915. The molecule has 0 fully saturated rings. The van der Waals surface area contributed by atoms with Crippen LogP contribution in [0.15, 0.2) is 60.0 Å². The molecule has 4 heteroatoms. The fraction of sp³-hybridized carbons (Fsp3) is 0.150. The summed E-state index contributed by atoms with van der Waals surface area (Å²) in [4.78, 5) is 16.3. The average Bonchev–Trinajstić information content (AvgIpc) is 3.02. The number of anilines is 2. The van der Waals surface area contributed by atoms with E-state index in [2.05, 4.69) is 23.7 Å². The molecular weight excluding hydrogens is 316 g/mol. The Balaban J connectivity index is 1.91. The number of nitrogens with one attached hydrogen (secondary N) is 1. The van der Waals surface area contributed by atoms with Crippen LogP contribution >= 0.6 is 11.3 Å². The van der Waals surface area contributed by atoms with Gasteiger partial charge in [0.1, 0.15) is 6.17 Å². The van der Waals surface area contributed by atoms with Crippen molar-refractivity contribution < 1.29 is 4.79 Å². The smallest absolute Gasteiger partial charge is 0.262 e. The highest BCUT2D eigenvalue weighted by atomic mass is 32.1. The van der Waals surface area contributed by atoms with E-state index in [0.29, 0.717) is 5.56 Å². The summed E-state index contributed by atoms with van der Waals surface area (Å²) < 4.78 is 0. The van der Waals surface area contributed by atoms with Gasteiger partial charge in [0.15, 0.2) is 0 Å². The van der Waals surface area contributed by atoms with Crippen LogP contribution in [-0.2, 0) is 0 Å². The van der Waals surface area contributed by atoms with E-state index in [-0.39, 0.29) is 12.1 Å². The largest absolute Gasteiger partial charge is 0.360 e. The zero-order valence-electron chi connectivity index (χ0n) is 13.6. The van der Waals surface area contributed by atoms with Crippen molar-refractivity contribution in [2.24, 2.45) is 0 Å². The number of rotatable bonds is 2. The highest BCUT2D eigenvalue weighted by Crippen LogP contribution is 2.40. The second-order valence-corrected chi connectivity index (χ2v) is 6.97. The van der Waals surface area contributed by atoms with Crippen LogP contribution < -0.4 is 10.2 Å². The minimum atomic E-state index is -0.187. The molecule has 24 heavy (non-hydrogen) atoms. The van der Waals surface area contributed by atoms with Gasteiger partial charge in [-0.25, -0.2) is 0 Å². The van der Waals surface area contributed by atoms with Gasteiger partial charge in [-0.3, -0.25) is 9.69 Å². The van der Waals surface area contributed by atoms with Crippen LogP contribution in [0.5, 0.6) is 0 Å². The molecule has 0 spiro atoms. The molecule has 0 saturated heterocycles. The van der Waals surface area contributed by atoms with Gasteiger partial charge < -0.3 is 5.32 Å². The second kappa shape index (κ2) is 5.80. The van der Waals surface area contributed by atoms with Gasteiger partial charge in [-0.05, 0) is 54.6 Å². The van der Waals surface area contributed by atoms with Gasteiger partial charge in [-0.1, -0.05) is 30.3 Å². The van der Waals surface area contributed by atoms with Crippen LogP contribution in [0, 0.1) is 13.8 Å². The Labute approximate surface area is 145 Å². The minimum Gasteiger partial charge on any atom is -0.360 e. The maximum atomic E-state index is 13.3. The molecule has 2 aromatic carbocycles. The van der Waals surface area contributed by atoms with Crippen molar-refractivity contribution in [3.63, 3.8) is 0 Å². The number of benzene rings is 2. The van der Waals surface area contributed by atoms with Crippen LogP contribution in [0.2, 0.25) is 0 Å². The summed E-state index contributed by atoms with van der Waals surface area (Å²) in [6.45, 7) is 4.13. The maximum absolute atomic E-state index is 13.3. The average molecular weight is 334 g/mol. The van der Waals surface area contributed by atoms with E-state index in [9.17, 15) is 4.79 Å². The lowest BCUT2D eigenvalue weighted by molar-refractivity contribution is 0.0975. The zero-order valence-corrected chi connectivity index (χ0v) is 14.4. The van der Waals surface area contributed by atoms with Crippen LogP contribution in [0.3, 0.4) is 0 Å². The quantitative estimate of drug-likeness (QED) is 0.704. The predicted octanol–water partition coefficient (Wildman–Crippen LogP) is 5.14. The Hall–Kier alpha value is -2.59. The fourth-order valence-electron chi connectivity index (χ4n) is 3.18. The Morgan fingerprint density at radius 1 is 0.958 bits per heavy atom. The second-order valence-electron chi connectivity index (χ2n) is 6.02. The van der Waals surface area contributed by atoms with E-state index in [1.807, 2.05) is 60.4 Å². The van der Waals surface area contributed by atoms with Crippen LogP contribution in [-0.4, -0.2) is 5.91 Å². The third-order valence-corrected chi connectivity index (χ3v) is 5.52. The number of carbonyl (C=O) groups excluding carboxylic acids is 1. The Kier molecular flexibility index (Phi) is 3.62. The predicted molar refractivity (Wildman–Crippen MR) is 99.9 cm³/mol. The van der Waals surface area contributed by atoms with Crippen LogP contribution in [0.25, 0.3) is 0 Å². The molecule has 1 aliphatic heterocycles. The number of thiophene rings is 1. The third kappa shape index (κ3) is 2.31. The summed E-state index contributed by atoms with van der Waals surface area (Å²) in [7, 11) is 0. The molecule has 0 unspecified atom stereocenters. The molecule has 2 heterocycles. The van der Waals surface area contributed by atoms with Crippen molar-refractivity contribution in [3.8, 4) is 0 Å². The highest BCUT2D eigenvalue weighted by Gasteiger charge is 2.35. The van der Waals surface area contributed by atoms with Gasteiger partial charge in [0.05, 0.1) is 10.4 Å². The van der Waals surface area contributed by atoms with Crippen LogP contribution in [0.1, 0.15) is 32.5 Å². The van der Waals surface area contributed by atoms with Gasteiger partial charge in [-0.15, -0.1) is 11.3 Å². The molecule has 1 atom stereocenters. The molecule has 3 aromatic rings. The van der Waals surface area contributed by atoms with Crippen molar-refractivity contribution in [1.29, 1.82) is 0 Å². The molecule has 4 rings (SSSR count). The number of carbonyl (C=O) groups is 1. The van der Waals surface area contributed by atoms with E-state index in [4.69, 9.17) is 0 Å². The first-order valence-electron chi connectivity index (χ1n) is 7.95. The van der Waals surface area contributed by atoms with Gasteiger partial charge in [0.2, 0.25) is 0 Å². The summed E-state index contributed by atoms with van der Waals surface area (Å²) in [6, 6.07) is 17.9. The molecule has 0 aliphatic carbocycles. The van der Waals surface area contributed by atoms with Crippen molar-refractivity contribution in [1.82, 2.24) is 0 Å². The molecule has 0 radical (unpaired) electrons. The summed E-state index contributed by atoms with van der Waals surface area (Å²) in [6.07, 6.45) is -0.187. The van der Waals surface area contributed by atoms with Gasteiger partial charge in [0, 0.05) is 11.4 Å². The fourth-order valence-corrected chi connectivity index (χ4v) is 4.15. The van der Waals surface area contributed by atoms with E-state index in [1.165, 1.54) is 10.4 Å². The number of amides is 1. The molecule has 1 N–H and O–H groups in total. The lowest BCUT2D eigenvalue weighted by Gasteiger charge is -2.38. The van der Waals surface area contributed by atoms with E-state index >= 15 is 0 Å². The van der Waals surface area contributed by atoms with E-state index in [1.54, 1.807) is 11.3 Å². The van der Waals surface area contributed by atoms with Crippen molar-refractivity contribution >= 4 is 28.6 Å². The van der Waals surface area contributed by atoms with Crippen LogP contribution in [0.4, 0.5) is 11.4 Å². The normalized spacial score (nSPS) is 16.7. The minimum absolute atomic E-state index is 0.0384. The summed E-state index contributed by atoms with van der Waals surface area (Å²) in [5.41, 5.74) is 4.84. The molecule has 120 valence electrons. The highest BCUT2D eigenvalue weighted by molar-refractivity contribution is 7.10. The summed E-state index contributed by atoms with van der Waals surface area (Å²) in [5.74, 6) is 0.0384. The van der Waals surface area contributed by atoms with Gasteiger partial charge in [0.25, 0.3) is 5.91 Å². The van der Waals surface area contributed by atoms with E-state index in [0.717, 1.165) is 16.9 Å². The molecule has 1 aromatic heterocycles. The molecule has 0 bridgehead atoms. The maximum Gasteiger partial charge on any atom is 0.262 e. The molecule has 0 saturated carbocycles. The van der Waals surface area contributed by atoms with Gasteiger partial charge >= 0.3 is 0 Å². The lowest BCUT2D eigenvalue weighted by atomic mass is 10.0. The Morgan fingerprint density at radius 2 is 1.71 bits per heavy atom. The van der Waals surface area contributed by atoms with Crippen molar-refractivity contribution in [3.05, 3.63) is 81.5 Å². The Morgan fingerprint density at radius 3 is 2.46 bits per heavy atom. The molecule has 1 amide bonds. The monoisotopic (exact) mass is 334 g/mol. The zero-order chi connectivity index (χ0) is 16.7. The van der Waals surface area contributed by atoms with Crippen molar-refractivity contribution in [2.45, 2.75) is 20.0 Å². The summed E-state index contributed by atoms with van der Waals surface area (Å²) in [5, 5.41) is 5.64. The first-order chi connectivity index (χ1) is 11.7. The molecule has 1 aliphatic rings. The number of fused-ring (bicyclic) bond motifs is 1. The molecule has 3 nitrogen and oxygen atoms in total. The first-order valence-corrected chi connectivity index (χ1v) is 8.83. The number of hydrogen-bond acceptors (Lipinski definition) is 3. The van der Waals surface area contributed by atoms with Gasteiger partial charge in [-0.2, -0.15) is 0 Å². The van der Waals surface area contributed by atoms with E-state index < -0.39 is 0 Å². The SMILES string of the molecule is Cc1ccccc1N1C(=O)c2ccccc2N[C@@H]1c1sccc1C. The molecular formula is C20H18N2OS. The standard InChI is InChI=1S/C20H18N2OS/c1-13-7-3-6-10-17(13)22-19(18-14(2)11-12-24-18)21-16-9-5-4-8-15(16)20(22)23/h3-12,19,21H,1-2H3/t19-/m0/s1. The lowest BCUT2D eigenvalue weighted by Crippen LogP contribution is -2.43. The number of para-hydroxylation sites is 2. The number of hydrogen-bond donors (Lipinski definition) is 1. The topological polar surface area (TPSA) is 32.3 Å².